The highest BCUT2D eigenvalue weighted by atomic mass is 35.5. The summed E-state index contributed by atoms with van der Waals surface area (Å²) in [7, 11) is 1.76. The second-order valence-electron chi connectivity index (χ2n) is 3.59. The second-order valence-corrected chi connectivity index (χ2v) is 4.03. The number of rotatable bonds is 4. The van der Waals surface area contributed by atoms with E-state index in [1.807, 2.05) is 0 Å². The third-order valence-electron chi connectivity index (χ3n) is 2.15. The lowest BCUT2D eigenvalue weighted by atomic mass is 10.2. The Balaban J connectivity index is 2.28. The van der Waals surface area contributed by atoms with Gasteiger partial charge >= 0.3 is 0 Å². The average Bonchev–Trinajstić information content (AvgIpc) is 2.33. The Kier molecular flexibility index (Phi) is 4.07. The van der Waals surface area contributed by atoms with Crippen molar-refractivity contribution in [3.8, 4) is 11.6 Å². The molecule has 0 fully saturated rings. The Labute approximate surface area is 109 Å². The number of halogens is 2. The smallest absolute Gasteiger partial charge is 0.223 e. The molecule has 0 spiro atoms. The maximum atomic E-state index is 13.1. The van der Waals surface area contributed by atoms with Crippen LogP contribution < -0.4 is 10.1 Å². The van der Waals surface area contributed by atoms with Crippen LogP contribution >= 0.6 is 11.6 Å². The lowest BCUT2D eigenvalue weighted by molar-refractivity contribution is 0.448. The predicted molar refractivity (Wildman–Crippen MR) is 66.3 cm³/mol. The molecule has 0 aliphatic rings. The van der Waals surface area contributed by atoms with Crippen LogP contribution in [-0.2, 0) is 6.54 Å². The van der Waals surface area contributed by atoms with E-state index in [1.165, 1.54) is 18.5 Å². The van der Waals surface area contributed by atoms with Gasteiger partial charge in [-0.25, -0.2) is 9.37 Å². The number of hydrogen-bond acceptors (Lipinski definition) is 4. The molecule has 94 valence electrons. The van der Waals surface area contributed by atoms with Gasteiger partial charge in [-0.3, -0.25) is 4.98 Å². The highest BCUT2D eigenvalue weighted by Crippen LogP contribution is 2.24. The molecule has 4 nitrogen and oxygen atoms in total. The van der Waals surface area contributed by atoms with Crippen LogP contribution in [0.25, 0.3) is 0 Å². The van der Waals surface area contributed by atoms with Gasteiger partial charge in [0.1, 0.15) is 11.6 Å². The molecule has 2 heterocycles. The molecule has 0 saturated heterocycles. The van der Waals surface area contributed by atoms with Crippen LogP contribution in [0.1, 0.15) is 5.56 Å². The van der Waals surface area contributed by atoms with E-state index in [1.54, 1.807) is 13.1 Å². The number of nitrogens with zero attached hydrogens (tertiary/aromatic N) is 2. The van der Waals surface area contributed by atoms with Crippen molar-refractivity contribution >= 4 is 11.6 Å². The summed E-state index contributed by atoms with van der Waals surface area (Å²) in [6.45, 7) is 0.452. The molecule has 6 heteroatoms. The van der Waals surface area contributed by atoms with Crippen LogP contribution in [-0.4, -0.2) is 17.0 Å². The van der Waals surface area contributed by atoms with Crippen LogP contribution in [0.3, 0.4) is 0 Å². The van der Waals surface area contributed by atoms with Crippen LogP contribution in [0.4, 0.5) is 4.39 Å². The quantitative estimate of drug-likeness (QED) is 0.925. The van der Waals surface area contributed by atoms with Gasteiger partial charge in [-0.2, -0.15) is 0 Å². The van der Waals surface area contributed by atoms with E-state index in [-0.39, 0.29) is 0 Å². The molecular weight excluding hydrogens is 257 g/mol. The molecule has 0 aliphatic heterocycles. The number of pyridine rings is 2. The van der Waals surface area contributed by atoms with Crippen molar-refractivity contribution in [2.75, 3.05) is 7.05 Å². The van der Waals surface area contributed by atoms with Gasteiger partial charge in [0, 0.05) is 24.4 Å². The van der Waals surface area contributed by atoms with E-state index < -0.39 is 5.82 Å². The Morgan fingerprint density at radius 3 is 2.89 bits per heavy atom. The molecule has 18 heavy (non-hydrogen) atoms. The highest BCUT2D eigenvalue weighted by Gasteiger charge is 2.08. The molecular formula is C12H11ClFN3O. The van der Waals surface area contributed by atoms with E-state index in [0.29, 0.717) is 28.8 Å². The zero-order chi connectivity index (χ0) is 13.0. The first-order valence-electron chi connectivity index (χ1n) is 5.26. The van der Waals surface area contributed by atoms with Gasteiger partial charge in [0.25, 0.3) is 0 Å². The average molecular weight is 268 g/mol. The van der Waals surface area contributed by atoms with Crippen molar-refractivity contribution in [3.05, 3.63) is 47.1 Å². The monoisotopic (exact) mass is 267 g/mol. The molecule has 0 unspecified atom stereocenters. The molecule has 0 bridgehead atoms. The Bertz CT molecular complexity index is 551. The summed E-state index contributed by atoms with van der Waals surface area (Å²) < 4.78 is 18.6. The summed E-state index contributed by atoms with van der Waals surface area (Å²) in [6.07, 6.45) is 4.12. The van der Waals surface area contributed by atoms with Crippen molar-refractivity contribution in [1.82, 2.24) is 15.3 Å². The van der Waals surface area contributed by atoms with E-state index in [2.05, 4.69) is 15.3 Å². The normalized spacial score (nSPS) is 10.4. The van der Waals surface area contributed by atoms with Gasteiger partial charge in [0.05, 0.1) is 17.4 Å². The predicted octanol–water partition coefficient (Wildman–Crippen LogP) is 2.78. The summed E-state index contributed by atoms with van der Waals surface area (Å²) in [5, 5.41) is 3.38. The van der Waals surface area contributed by atoms with Crippen molar-refractivity contribution in [1.29, 1.82) is 0 Å². The molecule has 0 radical (unpaired) electrons. The third kappa shape index (κ3) is 3.15. The van der Waals surface area contributed by atoms with Gasteiger partial charge in [-0.15, -0.1) is 0 Å². The zero-order valence-corrected chi connectivity index (χ0v) is 10.4. The zero-order valence-electron chi connectivity index (χ0n) is 9.65. The summed E-state index contributed by atoms with van der Waals surface area (Å²) in [5.41, 5.74) is 0.623. The number of aromatic nitrogens is 2. The van der Waals surface area contributed by atoms with E-state index in [9.17, 15) is 4.39 Å². The lowest BCUT2D eigenvalue weighted by Gasteiger charge is -2.09. The highest BCUT2D eigenvalue weighted by molar-refractivity contribution is 6.30. The Morgan fingerprint density at radius 2 is 2.17 bits per heavy atom. The standard InChI is InChI=1S/C12H11ClFN3O/c1-15-4-8-2-10(14)6-17-12(8)18-11-3-9(13)5-16-7-11/h2-3,5-7,15H,4H2,1H3. The van der Waals surface area contributed by atoms with Crippen molar-refractivity contribution in [3.63, 3.8) is 0 Å². The number of nitrogens with one attached hydrogen (secondary N) is 1. The molecule has 0 aromatic carbocycles. The van der Waals surface area contributed by atoms with Crippen LogP contribution in [0.2, 0.25) is 5.02 Å². The summed E-state index contributed by atoms with van der Waals surface area (Å²) in [4.78, 5) is 7.81. The lowest BCUT2D eigenvalue weighted by Crippen LogP contribution is -2.07. The van der Waals surface area contributed by atoms with Gasteiger partial charge in [0.15, 0.2) is 0 Å². The van der Waals surface area contributed by atoms with Crippen LogP contribution in [0.5, 0.6) is 11.6 Å². The fourth-order valence-corrected chi connectivity index (χ4v) is 1.60. The maximum absolute atomic E-state index is 13.1. The maximum Gasteiger partial charge on any atom is 0.223 e. The fraction of sp³-hybridized carbons (Fsp3) is 0.167. The Morgan fingerprint density at radius 1 is 1.33 bits per heavy atom. The van der Waals surface area contributed by atoms with Gasteiger partial charge in [-0.05, 0) is 13.1 Å². The molecule has 2 aromatic heterocycles. The van der Waals surface area contributed by atoms with E-state index in [4.69, 9.17) is 16.3 Å². The molecule has 2 aromatic rings. The summed E-state index contributed by atoms with van der Waals surface area (Å²) >= 11 is 5.80. The van der Waals surface area contributed by atoms with Crippen molar-refractivity contribution < 1.29 is 9.13 Å². The van der Waals surface area contributed by atoms with Gasteiger partial charge < -0.3 is 10.1 Å². The molecule has 0 amide bonds. The van der Waals surface area contributed by atoms with Crippen LogP contribution in [0.15, 0.2) is 30.7 Å². The minimum atomic E-state index is -0.406. The SMILES string of the molecule is CNCc1cc(F)cnc1Oc1cncc(Cl)c1. The topological polar surface area (TPSA) is 47.0 Å². The second kappa shape index (κ2) is 5.75. The van der Waals surface area contributed by atoms with Gasteiger partial charge in [-0.1, -0.05) is 11.6 Å². The van der Waals surface area contributed by atoms with Crippen molar-refractivity contribution in [2.24, 2.45) is 0 Å². The van der Waals surface area contributed by atoms with E-state index >= 15 is 0 Å². The molecule has 2 rings (SSSR count). The molecule has 0 saturated carbocycles. The fourth-order valence-electron chi connectivity index (χ4n) is 1.44. The summed E-state index contributed by atoms with van der Waals surface area (Å²) in [6, 6.07) is 2.99. The molecule has 1 N–H and O–H groups in total. The van der Waals surface area contributed by atoms with Crippen LogP contribution in [0, 0.1) is 5.82 Å². The first-order chi connectivity index (χ1) is 8.69. The first kappa shape index (κ1) is 12.7. The largest absolute Gasteiger partial charge is 0.437 e. The van der Waals surface area contributed by atoms with E-state index in [0.717, 1.165) is 6.20 Å². The minimum Gasteiger partial charge on any atom is -0.437 e. The molecule has 0 aliphatic carbocycles. The first-order valence-corrected chi connectivity index (χ1v) is 5.64. The number of hydrogen-bond donors (Lipinski definition) is 1. The minimum absolute atomic E-state index is 0.329. The van der Waals surface area contributed by atoms with Crippen molar-refractivity contribution in [2.45, 2.75) is 6.54 Å². The third-order valence-corrected chi connectivity index (χ3v) is 2.36. The van der Waals surface area contributed by atoms with Gasteiger partial charge in [0.2, 0.25) is 5.88 Å². The Hall–Kier alpha value is -1.72. The molecule has 0 atom stereocenters. The summed E-state index contributed by atoms with van der Waals surface area (Å²) in [5.74, 6) is 0.380. The number of ether oxygens (including phenoxy) is 1.